The molecular formula is C18H20BrNO4S. The van der Waals surface area contributed by atoms with E-state index in [9.17, 15) is 14.7 Å². The molecule has 0 aliphatic carbocycles. The highest BCUT2D eigenvalue weighted by Crippen LogP contribution is 2.29. The van der Waals surface area contributed by atoms with Gasteiger partial charge in [-0.2, -0.15) is 0 Å². The lowest BCUT2D eigenvalue weighted by molar-refractivity contribution is -0.139. The van der Waals surface area contributed by atoms with Crippen LogP contribution in [-0.4, -0.2) is 28.8 Å². The van der Waals surface area contributed by atoms with Crippen molar-refractivity contribution >= 4 is 39.3 Å². The molecule has 2 rings (SSSR count). The average Bonchev–Trinajstić information content (AvgIpc) is 2.94. The molecule has 2 N–H and O–H groups in total. The van der Waals surface area contributed by atoms with E-state index < -0.39 is 23.7 Å². The van der Waals surface area contributed by atoms with Crippen LogP contribution in [0.2, 0.25) is 0 Å². The maximum atomic E-state index is 11.8. The van der Waals surface area contributed by atoms with Gasteiger partial charge < -0.3 is 15.2 Å². The van der Waals surface area contributed by atoms with Crippen LogP contribution in [0.15, 0.2) is 40.9 Å². The van der Waals surface area contributed by atoms with Crippen molar-refractivity contribution < 1.29 is 19.4 Å². The Labute approximate surface area is 159 Å². The maximum Gasteiger partial charge on any atom is 0.408 e. The third-order valence-corrected chi connectivity index (χ3v) is 4.87. The quantitative estimate of drug-likeness (QED) is 0.727. The number of carboxylic acids is 1. The number of benzene rings is 1. The number of thiophene rings is 1. The molecule has 2 aromatic rings. The van der Waals surface area contributed by atoms with Crippen molar-refractivity contribution in [2.45, 2.75) is 38.8 Å². The molecule has 1 amide bonds. The van der Waals surface area contributed by atoms with Gasteiger partial charge in [-0.3, -0.25) is 0 Å². The molecule has 0 aliphatic rings. The smallest absolute Gasteiger partial charge is 0.408 e. The number of carboxylic acid groups (broad SMARTS) is 1. The third kappa shape index (κ3) is 6.17. The fraction of sp³-hybridized carbons (Fsp3) is 0.333. The van der Waals surface area contributed by atoms with E-state index >= 15 is 0 Å². The molecule has 1 heterocycles. The van der Waals surface area contributed by atoms with Gasteiger partial charge in [-0.05, 0) is 50.6 Å². The molecule has 1 unspecified atom stereocenters. The van der Waals surface area contributed by atoms with Crippen LogP contribution in [0.1, 0.15) is 25.6 Å². The van der Waals surface area contributed by atoms with Crippen LogP contribution in [0.3, 0.4) is 0 Å². The lowest BCUT2D eigenvalue weighted by Crippen LogP contribution is -2.44. The van der Waals surface area contributed by atoms with Crippen molar-refractivity contribution in [2.24, 2.45) is 0 Å². The largest absolute Gasteiger partial charge is 0.480 e. The molecule has 0 radical (unpaired) electrons. The highest BCUT2D eigenvalue weighted by Gasteiger charge is 2.24. The Hall–Kier alpha value is -1.86. The summed E-state index contributed by atoms with van der Waals surface area (Å²) in [6.07, 6.45) is -0.528. The number of nitrogens with one attached hydrogen (secondary N) is 1. The van der Waals surface area contributed by atoms with Gasteiger partial charge in [0.15, 0.2) is 0 Å². The first-order valence-electron chi connectivity index (χ1n) is 7.71. The minimum atomic E-state index is -1.09. The number of hydrogen-bond acceptors (Lipinski definition) is 4. The molecule has 1 atom stereocenters. The molecule has 1 aromatic heterocycles. The van der Waals surface area contributed by atoms with E-state index in [4.69, 9.17) is 4.74 Å². The van der Waals surface area contributed by atoms with Gasteiger partial charge in [-0.25, -0.2) is 9.59 Å². The summed E-state index contributed by atoms with van der Waals surface area (Å²) in [5.41, 5.74) is 0.386. The predicted octanol–water partition coefficient (Wildman–Crippen LogP) is 4.70. The standard InChI is InChI=1S/C18H20BrNO4S/c1-18(2,3)24-17(23)20-14(16(21)22)10-13-8-9-15(25-13)11-4-6-12(19)7-5-11/h4-9,14H,10H2,1-3H3,(H,20,23)(H,21,22). The number of carbonyl (C=O) groups excluding carboxylic acids is 1. The summed E-state index contributed by atoms with van der Waals surface area (Å²) in [6.45, 7) is 5.18. The average molecular weight is 426 g/mol. The van der Waals surface area contributed by atoms with Crippen LogP contribution >= 0.6 is 27.3 Å². The Kier molecular flexibility index (Phi) is 6.24. The summed E-state index contributed by atoms with van der Waals surface area (Å²) in [7, 11) is 0. The fourth-order valence-electron chi connectivity index (χ4n) is 2.11. The van der Waals surface area contributed by atoms with Gasteiger partial charge in [0.05, 0.1) is 0 Å². The van der Waals surface area contributed by atoms with E-state index in [2.05, 4.69) is 21.2 Å². The number of hydrogen-bond donors (Lipinski definition) is 2. The number of amides is 1. The van der Waals surface area contributed by atoms with Gasteiger partial charge in [0.1, 0.15) is 11.6 Å². The Morgan fingerprint density at radius 1 is 1.20 bits per heavy atom. The summed E-state index contributed by atoms with van der Waals surface area (Å²) in [5.74, 6) is -1.09. The van der Waals surface area contributed by atoms with Gasteiger partial charge >= 0.3 is 12.1 Å². The summed E-state index contributed by atoms with van der Waals surface area (Å²) < 4.78 is 6.13. The van der Waals surface area contributed by atoms with Gasteiger partial charge in [-0.15, -0.1) is 11.3 Å². The third-order valence-electron chi connectivity index (χ3n) is 3.18. The van der Waals surface area contributed by atoms with E-state index in [1.807, 2.05) is 36.4 Å². The Bertz CT molecular complexity index is 749. The van der Waals surface area contributed by atoms with Crippen LogP contribution in [0.25, 0.3) is 10.4 Å². The predicted molar refractivity (Wildman–Crippen MR) is 102 cm³/mol. The SMILES string of the molecule is CC(C)(C)OC(=O)NC(Cc1ccc(-c2ccc(Br)cc2)s1)C(=O)O. The second-order valence-electron chi connectivity index (χ2n) is 6.51. The zero-order valence-corrected chi connectivity index (χ0v) is 16.6. The van der Waals surface area contributed by atoms with Crippen LogP contribution < -0.4 is 5.32 Å². The second-order valence-corrected chi connectivity index (χ2v) is 8.60. The molecule has 0 saturated heterocycles. The first-order chi connectivity index (χ1) is 11.6. The van der Waals surface area contributed by atoms with E-state index in [0.29, 0.717) is 0 Å². The number of aliphatic carboxylic acids is 1. The molecule has 0 fully saturated rings. The number of rotatable bonds is 5. The van der Waals surface area contributed by atoms with Crippen LogP contribution in [-0.2, 0) is 16.0 Å². The molecule has 1 aromatic carbocycles. The lowest BCUT2D eigenvalue weighted by atomic mass is 10.1. The molecule has 0 bridgehead atoms. The Balaban J connectivity index is 2.06. The Morgan fingerprint density at radius 3 is 2.40 bits per heavy atom. The molecule has 5 nitrogen and oxygen atoms in total. The summed E-state index contributed by atoms with van der Waals surface area (Å²) in [5, 5.41) is 11.8. The van der Waals surface area contributed by atoms with Crippen LogP contribution in [0, 0.1) is 0 Å². The molecule has 7 heteroatoms. The minimum Gasteiger partial charge on any atom is -0.480 e. The summed E-state index contributed by atoms with van der Waals surface area (Å²) >= 11 is 4.91. The van der Waals surface area contributed by atoms with Crippen molar-refractivity contribution in [3.63, 3.8) is 0 Å². The highest BCUT2D eigenvalue weighted by atomic mass is 79.9. The van der Waals surface area contributed by atoms with E-state index in [-0.39, 0.29) is 6.42 Å². The number of halogens is 1. The molecule has 0 aliphatic heterocycles. The van der Waals surface area contributed by atoms with E-state index in [1.165, 1.54) is 11.3 Å². The second kappa shape index (κ2) is 8.01. The molecule has 134 valence electrons. The maximum absolute atomic E-state index is 11.8. The molecule has 0 saturated carbocycles. The fourth-order valence-corrected chi connectivity index (χ4v) is 3.43. The van der Waals surface area contributed by atoms with Gasteiger partial charge in [0, 0.05) is 20.6 Å². The zero-order chi connectivity index (χ0) is 18.6. The van der Waals surface area contributed by atoms with Crippen molar-refractivity contribution in [2.75, 3.05) is 0 Å². The molecular weight excluding hydrogens is 406 g/mol. The normalized spacial score (nSPS) is 12.5. The Morgan fingerprint density at radius 2 is 1.84 bits per heavy atom. The van der Waals surface area contributed by atoms with Crippen molar-refractivity contribution in [3.8, 4) is 10.4 Å². The summed E-state index contributed by atoms with van der Waals surface area (Å²) in [6, 6.07) is 10.7. The topological polar surface area (TPSA) is 75.6 Å². The first kappa shape index (κ1) is 19.5. The van der Waals surface area contributed by atoms with Crippen LogP contribution in [0.4, 0.5) is 4.79 Å². The van der Waals surface area contributed by atoms with Crippen molar-refractivity contribution in [1.29, 1.82) is 0 Å². The minimum absolute atomic E-state index is 0.204. The molecule has 25 heavy (non-hydrogen) atoms. The lowest BCUT2D eigenvalue weighted by Gasteiger charge is -2.21. The number of carbonyl (C=O) groups is 2. The van der Waals surface area contributed by atoms with Gasteiger partial charge in [0.25, 0.3) is 0 Å². The summed E-state index contributed by atoms with van der Waals surface area (Å²) in [4.78, 5) is 25.2. The molecule has 0 spiro atoms. The van der Waals surface area contributed by atoms with E-state index in [0.717, 1.165) is 19.8 Å². The highest BCUT2D eigenvalue weighted by molar-refractivity contribution is 9.10. The number of ether oxygens (including phenoxy) is 1. The van der Waals surface area contributed by atoms with Gasteiger partial charge in [0.2, 0.25) is 0 Å². The monoisotopic (exact) mass is 425 g/mol. The zero-order valence-electron chi connectivity index (χ0n) is 14.2. The van der Waals surface area contributed by atoms with Crippen molar-refractivity contribution in [1.82, 2.24) is 5.32 Å². The first-order valence-corrected chi connectivity index (χ1v) is 9.32. The van der Waals surface area contributed by atoms with Crippen LogP contribution in [0.5, 0.6) is 0 Å². The van der Waals surface area contributed by atoms with Crippen molar-refractivity contribution in [3.05, 3.63) is 45.7 Å². The van der Waals surface area contributed by atoms with Gasteiger partial charge in [-0.1, -0.05) is 28.1 Å². The van der Waals surface area contributed by atoms with E-state index in [1.54, 1.807) is 20.8 Å². The number of alkyl carbamates (subject to hydrolysis) is 1.